The van der Waals surface area contributed by atoms with E-state index in [9.17, 15) is 50.4 Å². The molecule has 0 heterocycles. The number of nitrogens with one attached hydrogen (secondary N) is 2. The molecule has 2 rings (SSSR count). The standard InChI is InChI=1S/C20H15F7N4O4/c1-11(29-30-16(32)9-12-5-7-15(8-6-12)31(34)35)13-3-2-4-14(10-13)28-17(33)18(21,22)19(23,24)20(25,26)27/h2-8,10H,9H2,1H3,(H,28,33)(H,30,32)/b29-11+. The Bertz CT molecular complexity index is 1150. The quantitative estimate of drug-likeness (QED) is 0.237. The third kappa shape index (κ3) is 6.30. The number of hydrogen-bond donors (Lipinski definition) is 2. The van der Waals surface area contributed by atoms with Crippen molar-refractivity contribution in [2.45, 2.75) is 31.4 Å². The summed E-state index contributed by atoms with van der Waals surface area (Å²) in [4.78, 5) is 33.5. The van der Waals surface area contributed by atoms with E-state index in [0.29, 0.717) is 5.56 Å². The summed E-state index contributed by atoms with van der Waals surface area (Å²) in [5.41, 5.74) is 2.06. The first-order chi connectivity index (χ1) is 16.1. The van der Waals surface area contributed by atoms with E-state index in [4.69, 9.17) is 0 Å². The highest BCUT2D eigenvalue weighted by Gasteiger charge is 2.76. The number of nitrogens with zero attached hydrogens (tertiary/aromatic N) is 2. The molecule has 0 aliphatic carbocycles. The highest BCUT2D eigenvalue weighted by Crippen LogP contribution is 2.46. The zero-order valence-corrected chi connectivity index (χ0v) is 17.5. The van der Waals surface area contributed by atoms with Crippen LogP contribution in [-0.4, -0.2) is 40.5 Å². The first-order valence-electron chi connectivity index (χ1n) is 9.37. The van der Waals surface area contributed by atoms with Crippen molar-refractivity contribution >= 4 is 28.9 Å². The maximum absolute atomic E-state index is 13.5. The molecule has 0 fully saturated rings. The monoisotopic (exact) mass is 508 g/mol. The lowest BCUT2D eigenvalue weighted by molar-refractivity contribution is -0.384. The van der Waals surface area contributed by atoms with Crippen molar-refractivity contribution in [1.29, 1.82) is 0 Å². The molecule has 2 amide bonds. The number of nitro benzene ring substituents is 1. The summed E-state index contributed by atoms with van der Waals surface area (Å²) in [6, 6.07) is 9.54. The second-order valence-corrected chi connectivity index (χ2v) is 7.01. The van der Waals surface area contributed by atoms with Crippen molar-refractivity contribution in [3.05, 3.63) is 69.8 Å². The molecule has 2 aromatic carbocycles. The fourth-order valence-electron chi connectivity index (χ4n) is 2.52. The number of benzene rings is 2. The predicted octanol–water partition coefficient (Wildman–Crippen LogP) is 4.45. The van der Waals surface area contributed by atoms with Crippen LogP contribution in [-0.2, 0) is 16.0 Å². The van der Waals surface area contributed by atoms with Crippen molar-refractivity contribution in [1.82, 2.24) is 5.43 Å². The van der Waals surface area contributed by atoms with Gasteiger partial charge in [-0.1, -0.05) is 24.3 Å². The van der Waals surface area contributed by atoms with E-state index in [1.54, 1.807) is 0 Å². The smallest absolute Gasteiger partial charge is 0.321 e. The number of hydrogen-bond acceptors (Lipinski definition) is 5. The maximum Gasteiger partial charge on any atom is 0.460 e. The van der Waals surface area contributed by atoms with E-state index >= 15 is 0 Å². The number of carbonyl (C=O) groups excluding carboxylic acids is 2. The Kier molecular flexibility index (Phi) is 7.83. The van der Waals surface area contributed by atoms with E-state index < -0.39 is 40.4 Å². The number of halogens is 7. The average molecular weight is 508 g/mol. The molecule has 188 valence electrons. The third-order valence-electron chi connectivity index (χ3n) is 4.43. The second kappa shape index (κ2) is 10.1. The number of rotatable bonds is 8. The predicted molar refractivity (Wildman–Crippen MR) is 108 cm³/mol. The lowest BCUT2D eigenvalue weighted by Gasteiger charge is -2.27. The van der Waals surface area contributed by atoms with Crippen LogP contribution in [0.4, 0.5) is 42.1 Å². The number of nitro groups is 1. The van der Waals surface area contributed by atoms with Gasteiger partial charge in [-0.05, 0) is 30.2 Å². The normalized spacial score (nSPS) is 12.7. The Morgan fingerprint density at radius 3 is 2.14 bits per heavy atom. The minimum absolute atomic E-state index is 0.0607. The number of amides is 2. The Morgan fingerprint density at radius 1 is 1.00 bits per heavy atom. The summed E-state index contributed by atoms with van der Waals surface area (Å²) in [6.07, 6.45) is -6.86. The van der Waals surface area contributed by atoms with Gasteiger partial charge in [-0.2, -0.15) is 35.8 Å². The van der Waals surface area contributed by atoms with Gasteiger partial charge >= 0.3 is 23.9 Å². The van der Waals surface area contributed by atoms with Crippen LogP contribution in [0.3, 0.4) is 0 Å². The average Bonchev–Trinajstić information content (AvgIpc) is 2.77. The van der Waals surface area contributed by atoms with Gasteiger partial charge in [0.15, 0.2) is 0 Å². The van der Waals surface area contributed by atoms with E-state index in [1.165, 1.54) is 48.6 Å². The van der Waals surface area contributed by atoms with E-state index in [-0.39, 0.29) is 23.4 Å². The molecule has 0 saturated carbocycles. The molecule has 2 aromatic rings. The fourth-order valence-corrected chi connectivity index (χ4v) is 2.52. The SMILES string of the molecule is C/C(=N\NC(=O)Cc1ccc([N+](=O)[O-])cc1)c1cccc(NC(=O)C(F)(F)C(F)(F)C(F)(F)F)c1. The molecule has 35 heavy (non-hydrogen) atoms. The van der Waals surface area contributed by atoms with Gasteiger partial charge in [-0.15, -0.1) is 0 Å². The van der Waals surface area contributed by atoms with Crippen molar-refractivity contribution in [2.75, 3.05) is 5.32 Å². The van der Waals surface area contributed by atoms with Crippen LogP contribution in [0, 0.1) is 10.1 Å². The van der Waals surface area contributed by atoms with Crippen LogP contribution in [0.25, 0.3) is 0 Å². The zero-order chi connectivity index (χ0) is 26.6. The van der Waals surface area contributed by atoms with Crippen molar-refractivity contribution in [3.63, 3.8) is 0 Å². The van der Waals surface area contributed by atoms with Crippen LogP contribution < -0.4 is 10.7 Å². The van der Waals surface area contributed by atoms with Gasteiger partial charge in [0.05, 0.1) is 17.1 Å². The van der Waals surface area contributed by atoms with Gasteiger partial charge in [0, 0.05) is 17.8 Å². The third-order valence-corrected chi connectivity index (χ3v) is 4.43. The van der Waals surface area contributed by atoms with Crippen LogP contribution in [0.1, 0.15) is 18.1 Å². The van der Waals surface area contributed by atoms with Crippen LogP contribution >= 0.6 is 0 Å². The maximum atomic E-state index is 13.5. The van der Waals surface area contributed by atoms with Gasteiger partial charge in [0.1, 0.15) is 0 Å². The first kappa shape index (κ1) is 27.2. The van der Waals surface area contributed by atoms with Crippen LogP contribution in [0.2, 0.25) is 0 Å². The van der Waals surface area contributed by atoms with Gasteiger partial charge in [-0.25, -0.2) is 5.43 Å². The largest absolute Gasteiger partial charge is 0.460 e. The Hall–Kier alpha value is -4.04. The van der Waals surface area contributed by atoms with Crippen molar-refractivity contribution in [2.24, 2.45) is 5.10 Å². The second-order valence-electron chi connectivity index (χ2n) is 7.01. The molecule has 0 atom stereocenters. The van der Waals surface area contributed by atoms with Crippen LogP contribution in [0.5, 0.6) is 0 Å². The highest BCUT2D eigenvalue weighted by atomic mass is 19.4. The van der Waals surface area contributed by atoms with Crippen LogP contribution in [0.15, 0.2) is 53.6 Å². The summed E-state index contributed by atoms with van der Waals surface area (Å²) in [5, 5.41) is 15.7. The molecule has 0 aromatic heterocycles. The topological polar surface area (TPSA) is 114 Å². The van der Waals surface area contributed by atoms with E-state index in [1.807, 2.05) is 0 Å². The summed E-state index contributed by atoms with van der Waals surface area (Å²) in [7, 11) is 0. The molecule has 15 heteroatoms. The molecule has 0 saturated heterocycles. The minimum atomic E-state index is -6.66. The molecule has 0 aliphatic heterocycles. The lowest BCUT2D eigenvalue weighted by Crippen LogP contribution is -2.57. The Morgan fingerprint density at radius 2 is 1.60 bits per heavy atom. The summed E-state index contributed by atoms with van der Waals surface area (Å²) >= 11 is 0. The lowest BCUT2D eigenvalue weighted by atomic mass is 10.1. The highest BCUT2D eigenvalue weighted by molar-refractivity contribution is 6.02. The van der Waals surface area contributed by atoms with Gasteiger partial charge in [0.25, 0.3) is 5.69 Å². The Balaban J connectivity index is 2.08. The molecule has 0 radical (unpaired) electrons. The summed E-state index contributed by atoms with van der Waals surface area (Å²) < 4.78 is 89.8. The number of non-ortho nitro benzene ring substituents is 1. The van der Waals surface area contributed by atoms with Crippen molar-refractivity contribution in [3.8, 4) is 0 Å². The molecule has 0 unspecified atom stereocenters. The van der Waals surface area contributed by atoms with Crippen molar-refractivity contribution < 1.29 is 45.2 Å². The van der Waals surface area contributed by atoms with Gasteiger partial charge in [-0.3, -0.25) is 19.7 Å². The first-order valence-corrected chi connectivity index (χ1v) is 9.37. The molecule has 0 spiro atoms. The fraction of sp³-hybridized carbons (Fsp3) is 0.250. The molecular formula is C20H15F7N4O4. The summed E-state index contributed by atoms with van der Waals surface area (Å²) in [6.45, 7) is 1.35. The minimum Gasteiger partial charge on any atom is -0.321 e. The molecular weight excluding hydrogens is 493 g/mol. The molecule has 0 bridgehead atoms. The summed E-state index contributed by atoms with van der Waals surface area (Å²) in [5.74, 6) is -16.2. The van der Waals surface area contributed by atoms with E-state index in [2.05, 4.69) is 10.5 Å². The Labute approximate surface area is 192 Å². The number of carbonyl (C=O) groups is 2. The van der Waals surface area contributed by atoms with E-state index in [0.717, 1.165) is 12.1 Å². The molecule has 2 N–H and O–H groups in total. The number of anilines is 1. The molecule has 0 aliphatic rings. The number of alkyl halides is 7. The zero-order valence-electron chi connectivity index (χ0n) is 17.5. The van der Waals surface area contributed by atoms with Gasteiger partial charge in [0.2, 0.25) is 5.91 Å². The molecule has 8 nitrogen and oxygen atoms in total. The number of hydrazone groups is 1. The van der Waals surface area contributed by atoms with Gasteiger partial charge < -0.3 is 5.32 Å².